The Hall–Kier alpha value is -3.28. The number of hydrogen-bond donors (Lipinski definition) is 1. The molecule has 1 aromatic heterocycles. The summed E-state index contributed by atoms with van der Waals surface area (Å²) >= 11 is 0. The number of aryl methyl sites for hydroxylation is 2. The molecule has 0 radical (unpaired) electrons. The maximum Gasteiger partial charge on any atom is 0.339 e. The molecule has 0 saturated carbocycles. The number of benzene rings is 2. The SMILES string of the molecule is COc1ccc(NC(=O)[C@@H](C)Oc2ccc3c(C)c(C)c(=O)oc3c2C)cc1. The Bertz CT molecular complexity index is 1080. The lowest BCUT2D eigenvalue weighted by molar-refractivity contribution is -0.122. The van der Waals surface area contributed by atoms with Crippen LogP contribution in [0.15, 0.2) is 45.6 Å². The fourth-order valence-electron chi connectivity index (χ4n) is 2.91. The Balaban J connectivity index is 1.81. The summed E-state index contributed by atoms with van der Waals surface area (Å²) in [6.45, 7) is 7.11. The monoisotopic (exact) mass is 381 g/mol. The highest BCUT2D eigenvalue weighted by Gasteiger charge is 2.18. The van der Waals surface area contributed by atoms with Gasteiger partial charge in [-0.05, 0) is 69.7 Å². The van der Waals surface area contributed by atoms with E-state index in [1.165, 1.54) is 0 Å². The van der Waals surface area contributed by atoms with Crippen molar-refractivity contribution in [3.8, 4) is 11.5 Å². The van der Waals surface area contributed by atoms with Crippen LogP contribution in [0.4, 0.5) is 5.69 Å². The van der Waals surface area contributed by atoms with Crippen molar-refractivity contribution in [1.82, 2.24) is 0 Å². The number of fused-ring (bicyclic) bond motifs is 1. The van der Waals surface area contributed by atoms with Crippen molar-refractivity contribution in [2.45, 2.75) is 33.8 Å². The lowest BCUT2D eigenvalue weighted by Crippen LogP contribution is -2.30. The van der Waals surface area contributed by atoms with Crippen molar-refractivity contribution in [1.29, 1.82) is 0 Å². The van der Waals surface area contributed by atoms with Gasteiger partial charge >= 0.3 is 5.63 Å². The van der Waals surface area contributed by atoms with Crippen LogP contribution in [0.3, 0.4) is 0 Å². The van der Waals surface area contributed by atoms with Gasteiger partial charge in [0.25, 0.3) is 5.91 Å². The zero-order valence-electron chi connectivity index (χ0n) is 16.6. The Morgan fingerprint density at radius 3 is 2.32 bits per heavy atom. The molecule has 1 atom stereocenters. The number of rotatable bonds is 5. The molecule has 146 valence electrons. The van der Waals surface area contributed by atoms with Gasteiger partial charge in [-0.1, -0.05) is 0 Å². The molecule has 0 unspecified atom stereocenters. The molecule has 3 aromatic rings. The lowest BCUT2D eigenvalue weighted by atomic mass is 10.0. The molecule has 0 fully saturated rings. The van der Waals surface area contributed by atoms with Crippen LogP contribution in [0.25, 0.3) is 11.0 Å². The summed E-state index contributed by atoms with van der Waals surface area (Å²) in [6.07, 6.45) is -0.739. The summed E-state index contributed by atoms with van der Waals surface area (Å²) in [5, 5.41) is 3.66. The van der Waals surface area contributed by atoms with Gasteiger partial charge in [0.2, 0.25) is 0 Å². The minimum Gasteiger partial charge on any atom is -0.497 e. The second-order valence-corrected chi connectivity index (χ2v) is 6.68. The Morgan fingerprint density at radius 2 is 1.68 bits per heavy atom. The van der Waals surface area contributed by atoms with Crippen LogP contribution in [0.2, 0.25) is 0 Å². The average Bonchev–Trinajstić information content (AvgIpc) is 2.69. The molecule has 0 aliphatic rings. The molecule has 0 aliphatic carbocycles. The van der Waals surface area contributed by atoms with Gasteiger partial charge in [0.15, 0.2) is 6.10 Å². The van der Waals surface area contributed by atoms with Crippen LogP contribution in [-0.4, -0.2) is 19.1 Å². The zero-order chi connectivity index (χ0) is 20.4. The average molecular weight is 381 g/mol. The standard InChI is InChI=1S/C22H23NO5/c1-12-13(2)22(25)28-20-14(3)19(11-10-18(12)20)27-15(4)21(24)23-16-6-8-17(26-5)9-7-16/h6-11,15H,1-5H3,(H,23,24)/t15-/m1/s1. The van der Waals surface area contributed by atoms with Crippen molar-refractivity contribution in [2.24, 2.45) is 0 Å². The van der Waals surface area contributed by atoms with E-state index in [9.17, 15) is 9.59 Å². The van der Waals surface area contributed by atoms with Gasteiger partial charge in [-0.2, -0.15) is 0 Å². The number of hydrogen-bond acceptors (Lipinski definition) is 5. The van der Waals surface area contributed by atoms with Gasteiger partial charge in [-0.15, -0.1) is 0 Å². The molecule has 6 nitrogen and oxygen atoms in total. The number of carbonyl (C=O) groups excluding carboxylic acids is 1. The minimum absolute atomic E-state index is 0.286. The minimum atomic E-state index is -0.739. The summed E-state index contributed by atoms with van der Waals surface area (Å²) in [5.41, 5.74) is 2.92. The van der Waals surface area contributed by atoms with E-state index in [0.717, 1.165) is 10.9 Å². The maximum absolute atomic E-state index is 12.5. The van der Waals surface area contributed by atoms with Crippen molar-refractivity contribution < 1.29 is 18.7 Å². The molecule has 1 amide bonds. The first kappa shape index (κ1) is 19.5. The van der Waals surface area contributed by atoms with Crippen LogP contribution >= 0.6 is 0 Å². The predicted molar refractivity (Wildman–Crippen MR) is 108 cm³/mol. The molecule has 0 bridgehead atoms. The highest BCUT2D eigenvalue weighted by molar-refractivity contribution is 5.94. The third-order valence-electron chi connectivity index (χ3n) is 4.85. The Kier molecular flexibility index (Phi) is 5.40. The first-order valence-electron chi connectivity index (χ1n) is 8.97. The highest BCUT2D eigenvalue weighted by Crippen LogP contribution is 2.30. The molecule has 1 N–H and O–H groups in total. The second-order valence-electron chi connectivity index (χ2n) is 6.68. The number of methoxy groups -OCH3 is 1. The van der Waals surface area contributed by atoms with Crippen LogP contribution in [-0.2, 0) is 4.79 Å². The van der Waals surface area contributed by atoms with E-state index < -0.39 is 6.10 Å². The van der Waals surface area contributed by atoms with Gasteiger partial charge in [-0.25, -0.2) is 4.79 Å². The third-order valence-corrected chi connectivity index (χ3v) is 4.85. The summed E-state index contributed by atoms with van der Waals surface area (Å²) in [5.74, 6) is 0.920. The topological polar surface area (TPSA) is 77.8 Å². The Morgan fingerprint density at radius 1 is 1.00 bits per heavy atom. The lowest BCUT2D eigenvalue weighted by Gasteiger charge is -2.17. The molecule has 0 aliphatic heterocycles. The van der Waals surface area contributed by atoms with Crippen molar-refractivity contribution in [3.05, 3.63) is 63.5 Å². The van der Waals surface area contributed by atoms with E-state index in [-0.39, 0.29) is 11.5 Å². The molecule has 0 saturated heterocycles. The molecule has 28 heavy (non-hydrogen) atoms. The maximum atomic E-state index is 12.5. The summed E-state index contributed by atoms with van der Waals surface area (Å²) < 4.78 is 16.4. The molecular weight excluding hydrogens is 358 g/mol. The molecular formula is C22H23NO5. The van der Waals surface area contributed by atoms with Gasteiger partial charge < -0.3 is 19.2 Å². The quantitative estimate of drug-likeness (QED) is 0.672. The first-order chi connectivity index (χ1) is 13.3. The fraction of sp³-hybridized carbons (Fsp3) is 0.273. The molecule has 3 rings (SSSR count). The smallest absolute Gasteiger partial charge is 0.339 e. The van der Waals surface area contributed by atoms with Crippen molar-refractivity contribution in [3.63, 3.8) is 0 Å². The molecule has 6 heteroatoms. The van der Waals surface area contributed by atoms with Crippen LogP contribution in [0.5, 0.6) is 11.5 Å². The highest BCUT2D eigenvalue weighted by atomic mass is 16.5. The number of amides is 1. The number of carbonyl (C=O) groups is 1. The summed E-state index contributed by atoms with van der Waals surface area (Å²) in [6, 6.07) is 10.7. The van der Waals surface area contributed by atoms with Crippen LogP contribution in [0.1, 0.15) is 23.6 Å². The largest absolute Gasteiger partial charge is 0.497 e. The fourth-order valence-corrected chi connectivity index (χ4v) is 2.91. The van der Waals surface area contributed by atoms with Gasteiger partial charge in [-0.3, -0.25) is 4.79 Å². The van der Waals surface area contributed by atoms with E-state index in [1.54, 1.807) is 51.3 Å². The van der Waals surface area contributed by atoms with Gasteiger partial charge in [0, 0.05) is 22.2 Å². The van der Waals surface area contributed by atoms with Crippen molar-refractivity contribution >= 4 is 22.6 Å². The number of ether oxygens (including phenoxy) is 2. The summed E-state index contributed by atoms with van der Waals surface area (Å²) in [7, 11) is 1.58. The van der Waals surface area contributed by atoms with Gasteiger partial charge in [0.1, 0.15) is 17.1 Å². The summed E-state index contributed by atoms with van der Waals surface area (Å²) in [4.78, 5) is 24.5. The van der Waals surface area contributed by atoms with E-state index in [2.05, 4.69) is 5.32 Å². The van der Waals surface area contributed by atoms with Crippen LogP contribution in [0, 0.1) is 20.8 Å². The molecule has 2 aromatic carbocycles. The zero-order valence-corrected chi connectivity index (χ0v) is 16.6. The van der Waals surface area contributed by atoms with E-state index in [0.29, 0.717) is 33.9 Å². The van der Waals surface area contributed by atoms with E-state index >= 15 is 0 Å². The van der Waals surface area contributed by atoms with Crippen molar-refractivity contribution in [2.75, 3.05) is 12.4 Å². The third kappa shape index (κ3) is 3.71. The van der Waals surface area contributed by atoms with E-state index in [4.69, 9.17) is 13.9 Å². The first-order valence-corrected chi connectivity index (χ1v) is 8.97. The van der Waals surface area contributed by atoms with Crippen LogP contribution < -0.4 is 20.4 Å². The van der Waals surface area contributed by atoms with Gasteiger partial charge in [0.05, 0.1) is 7.11 Å². The molecule has 0 spiro atoms. The second kappa shape index (κ2) is 7.76. The predicted octanol–water partition coefficient (Wildman–Crippen LogP) is 4.13. The van der Waals surface area contributed by atoms with E-state index in [1.807, 2.05) is 19.9 Å². The number of anilines is 1. The Labute approximate surface area is 163 Å². The normalized spacial score (nSPS) is 11.9. The number of nitrogens with one attached hydrogen (secondary N) is 1. The molecule has 1 heterocycles.